The molecule has 0 saturated carbocycles. The average Bonchev–Trinajstić information content (AvgIpc) is 4.03. The van der Waals surface area contributed by atoms with E-state index in [0.29, 0.717) is 0 Å². The number of para-hydroxylation sites is 2. The summed E-state index contributed by atoms with van der Waals surface area (Å²) in [7, 11) is 0. The molecule has 7 heteroatoms. The van der Waals surface area contributed by atoms with Gasteiger partial charge < -0.3 is 14.5 Å². The van der Waals surface area contributed by atoms with E-state index in [2.05, 4.69) is 264 Å². The lowest BCUT2D eigenvalue weighted by atomic mass is 9.35. The molecule has 14 rings (SSSR count). The molecule has 0 amide bonds. The van der Waals surface area contributed by atoms with Crippen LogP contribution < -0.4 is 30.9 Å². The van der Waals surface area contributed by atoms with Crippen LogP contribution in [0.3, 0.4) is 0 Å². The first-order valence-corrected chi connectivity index (χ1v) is 28.4. The predicted octanol–water partition coefficient (Wildman–Crippen LogP) is 18.7. The first kappa shape index (κ1) is 46.0. The quantitative estimate of drug-likeness (QED) is 0.148. The molecular weight excluding hydrogens is 968 g/mol. The van der Waals surface area contributed by atoms with Crippen molar-refractivity contribution >= 4 is 132 Å². The number of benzene rings is 10. The van der Waals surface area contributed by atoms with Crippen molar-refractivity contribution in [1.29, 1.82) is 0 Å². The number of hydrogen-bond acceptors (Lipinski definition) is 6. The molecule has 0 aliphatic carbocycles. The summed E-state index contributed by atoms with van der Waals surface area (Å²) in [4.78, 5) is 7.22. The van der Waals surface area contributed by atoms with E-state index in [9.17, 15) is 0 Å². The van der Waals surface area contributed by atoms with Gasteiger partial charge in [0.25, 0.3) is 6.71 Å². The summed E-state index contributed by atoms with van der Waals surface area (Å²) in [5, 5.41) is 5.39. The van der Waals surface area contributed by atoms with Crippen LogP contribution in [0.2, 0.25) is 0 Å². The molecule has 0 spiro atoms. The van der Waals surface area contributed by atoms with Gasteiger partial charge in [-0.05, 0) is 147 Å². The SMILES string of the molecule is CC(C)(C)c1ccc(N(c2ccc(C(C)(C)C)cc2)c2ccc3c(c2)Sc2cc(-c4ccc5c(c4)sc4ccc6sc7ccccc7c6c45)cc4c2B3c2ccc(N(c3ccccc3)c3ccccc3)cc2O4)cc1. The maximum atomic E-state index is 7.28. The highest BCUT2D eigenvalue weighted by molar-refractivity contribution is 8.00. The smallest absolute Gasteiger partial charge is 0.253 e. The Labute approximate surface area is 451 Å². The van der Waals surface area contributed by atoms with Gasteiger partial charge in [-0.1, -0.05) is 162 Å². The average molecular weight is 1020 g/mol. The zero-order valence-electron chi connectivity index (χ0n) is 42.8. The minimum Gasteiger partial charge on any atom is -0.458 e. The van der Waals surface area contributed by atoms with Crippen molar-refractivity contribution in [3.8, 4) is 22.6 Å². The second-order valence-corrected chi connectivity index (χ2v) is 25.4. The summed E-state index contributed by atoms with van der Waals surface area (Å²) in [6, 6.07) is 78.9. The van der Waals surface area contributed by atoms with Crippen LogP contribution in [0.1, 0.15) is 52.7 Å². The highest BCUT2D eigenvalue weighted by atomic mass is 32.2. The van der Waals surface area contributed by atoms with Crippen LogP contribution in [-0.4, -0.2) is 6.71 Å². The zero-order valence-corrected chi connectivity index (χ0v) is 45.3. The maximum absolute atomic E-state index is 7.28. The van der Waals surface area contributed by atoms with Gasteiger partial charge >= 0.3 is 0 Å². The number of thiophene rings is 2. The molecule has 0 N–H and O–H groups in total. The number of rotatable bonds is 7. The molecule has 0 unspecified atom stereocenters. The summed E-state index contributed by atoms with van der Waals surface area (Å²) < 4.78 is 12.6. The molecule has 0 fully saturated rings. The molecule has 3 nitrogen and oxygen atoms in total. The van der Waals surface area contributed by atoms with Crippen molar-refractivity contribution in [2.75, 3.05) is 9.80 Å². The first-order chi connectivity index (χ1) is 36.4. The third-order valence-corrected chi connectivity index (χ3v) is 18.7. The van der Waals surface area contributed by atoms with Crippen molar-refractivity contribution in [2.45, 2.75) is 62.2 Å². The minimum absolute atomic E-state index is 0.0347. The van der Waals surface area contributed by atoms with Gasteiger partial charge in [-0.2, -0.15) is 0 Å². The van der Waals surface area contributed by atoms with Crippen LogP contribution in [0.5, 0.6) is 11.5 Å². The van der Waals surface area contributed by atoms with E-state index in [1.165, 1.54) is 83.2 Å². The van der Waals surface area contributed by atoms with E-state index in [1.807, 2.05) is 34.4 Å². The second kappa shape index (κ2) is 17.5. The number of nitrogens with zero attached hydrogens (tertiary/aromatic N) is 2. The predicted molar refractivity (Wildman–Crippen MR) is 326 cm³/mol. The topological polar surface area (TPSA) is 15.7 Å². The number of hydrogen-bond donors (Lipinski definition) is 0. The van der Waals surface area contributed by atoms with Crippen LogP contribution >= 0.6 is 34.4 Å². The fourth-order valence-corrected chi connectivity index (χ4v) is 14.9. The summed E-state index contributed by atoms with van der Waals surface area (Å²) in [5.74, 6) is 1.78. The van der Waals surface area contributed by atoms with Crippen molar-refractivity contribution in [1.82, 2.24) is 0 Å². The second-order valence-electron chi connectivity index (χ2n) is 22.1. The summed E-state index contributed by atoms with van der Waals surface area (Å²) in [6.07, 6.45) is 0. The Morgan fingerprint density at radius 3 is 1.51 bits per heavy atom. The molecule has 10 aromatic carbocycles. The molecule has 2 aliphatic rings. The largest absolute Gasteiger partial charge is 0.458 e. The highest BCUT2D eigenvalue weighted by Gasteiger charge is 2.40. The highest BCUT2D eigenvalue weighted by Crippen LogP contribution is 2.48. The van der Waals surface area contributed by atoms with Crippen LogP contribution in [0.25, 0.3) is 51.5 Å². The summed E-state index contributed by atoms with van der Waals surface area (Å²) >= 11 is 5.65. The number of fused-ring (bicyclic) bond motifs is 11. The fourth-order valence-electron chi connectivity index (χ4n) is 11.4. The number of ether oxygens (including phenoxy) is 1. The summed E-state index contributed by atoms with van der Waals surface area (Å²) in [6.45, 7) is 13.7. The Kier molecular flexibility index (Phi) is 10.8. The van der Waals surface area contributed by atoms with Crippen molar-refractivity contribution in [3.05, 3.63) is 223 Å². The van der Waals surface area contributed by atoms with Gasteiger partial charge in [0.2, 0.25) is 0 Å². The molecule has 0 saturated heterocycles. The molecule has 0 bridgehead atoms. The standard InChI is InChI=1S/C68H53BN2OS3/c1-67(2,3)44-22-26-48(27-23-44)71(49-28-24-45(25-29-49)68(4,5)6)51-31-34-55-62(41-51)75-63-39-43(42-21-32-53-61(38-42)74-60-36-35-59-64(65(53)60)52-19-13-14-20-58(52)73-59)37-57-66(63)69(55)54-33-30-50(40-56(54)72-57)70(46-15-9-7-10-16-46)47-17-11-8-12-18-47/h7-41H,1-6H3. The molecule has 2 aromatic heterocycles. The minimum atomic E-state index is -0.0347. The Bertz CT molecular complexity index is 4110. The van der Waals surface area contributed by atoms with Crippen LogP contribution in [0.15, 0.2) is 222 Å². The fraction of sp³-hybridized carbons (Fsp3) is 0.118. The van der Waals surface area contributed by atoms with Gasteiger partial charge in [-0.25, -0.2) is 0 Å². The monoisotopic (exact) mass is 1020 g/mol. The summed E-state index contributed by atoms with van der Waals surface area (Å²) in [5.41, 5.74) is 15.3. The van der Waals surface area contributed by atoms with Gasteiger partial charge in [0.05, 0.1) is 0 Å². The first-order valence-electron chi connectivity index (χ1n) is 25.9. The van der Waals surface area contributed by atoms with Gasteiger partial charge in [0.1, 0.15) is 11.5 Å². The van der Waals surface area contributed by atoms with Gasteiger partial charge in [0.15, 0.2) is 0 Å². The van der Waals surface area contributed by atoms with E-state index in [1.54, 1.807) is 0 Å². The molecular formula is C68H53BN2OS3. The normalized spacial score (nSPS) is 13.0. The van der Waals surface area contributed by atoms with Crippen LogP contribution in [0, 0.1) is 0 Å². The van der Waals surface area contributed by atoms with E-state index in [4.69, 9.17) is 4.74 Å². The Hall–Kier alpha value is -7.55. The van der Waals surface area contributed by atoms with Crippen molar-refractivity contribution in [3.63, 3.8) is 0 Å². The molecule has 0 atom stereocenters. The third kappa shape index (κ3) is 7.86. The van der Waals surface area contributed by atoms with Gasteiger partial charge in [-0.15, -0.1) is 22.7 Å². The number of anilines is 6. The van der Waals surface area contributed by atoms with Crippen LogP contribution in [-0.2, 0) is 10.8 Å². The Morgan fingerprint density at radius 2 is 0.893 bits per heavy atom. The van der Waals surface area contributed by atoms with Gasteiger partial charge in [0, 0.05) is 90.3 Å². The van der Waals surface area contributed by atoms with Gasteiger partial charge in [-0.3, -0.25) is 0 Å². The van der Waals surface area contributed by atoms with E-state index in [-0.39, 0.29) is 17.5 Å². The molecule has 0 radical (unpaired) electrons. The van der Waals surface area contributed by atoms with Crippen molar-refractivity contribution < 1.29 is 4.74 Å². The lowest BCUT2D eigenvalue weighted by Gasteiger charge is -2.35. The Balaban J connectivity index is 0.936. The lowest BCUT2D eigenvalue weighted by molar-refractivity contribution is 0.486. The zero-order chi connectivity index (χ0) is 50.7. The lowest BCUT2D eigenvalue weighted by Crippen LogP contribution is -2.57. The molecule has 4 heterocycles. The molecule has 362 valence electrons. The third-order valence-electron chi connectivity index (χ3n) is 15.3. The van der Waals surface area contributed by atoms with Crippen molar-refractivity contribution in [2.24, 2.45) is 0 Å². The molecule has 75 heavy (non-hydrogen) atoms. The van der Waals surface area contributed by atoms with E-state index < -0.39 is 0 Å². The van der Waals surface area contributed by atoms with Crippen LogP contribution in [0.4, 0.5) is 34.1 Å². The molecule has 2 aliphatic heterocycles. The molecule has 12 aromatic rings. The Morgan fingerprint density at radius 1 is 0.373 bits per heavy atom. The van der Waals surface area contributed by atoms with E-state index in [0.717, 1.165) is 51.2 Å². The maximum Gasteiger partial charge on any atom is 0.253 e. The van der Waals surface area contributed by atoms with E-state index >= 15 is 0 Å².